The van der Waals surface area contributed by atoms with Crippen LogP contribution in [0.2, 0.25) is 0 Å². The van der Waals surface area contributed by atoms with Crippen molar-refractivity contribution in [3.05, 3.63) is 23.8 Å². The van der Waals surface area contributed by atoms with Gasteiger partial charge < -0.3 is 20.1 Å². The molecule has 1 aliphatic carbocycles. The van der Waals surface area contributed by atoms with Crippen molar-refractivity contribution >= 4 is 11.4 Å². The fourth-order valence-electron chi connectivity index (χ4n) is 4.05. The number of nitrogen functional groups attached to an aromatic ring is 1. The maximum absolute atomic E-state index is 6.26. The molecule has 1 saturated heterocycles. The first-order chi connectivity index (χ1) is 10.3. The Labute approximate surface area is 126 Å². The molecule has 2 fully saturated rings. The van der Waals surface area contributed by atoms with Gasteiger partial charge in [0, 0.05) is 37.3 Å². The number of rotatable bonds is 2. The van der Waals surface area contributed by atoms with Gasteiger partial charge in [-0.05, 0) is 43.4 Å². The minimum atomic E-state index is -0.251. The second kappa shape index (κ2) is 5.18. The van der Waals surface area contributed by atoms with Gasteiger partial charge in [0.05, 0.1) is 6.61 Å². The molecule has 1 unspecified atom stereocenters. The fourth-order valence-corrected chi connectivity index (χ4v) is 4.05. The minimum absolute atomic E-state index is 0.190. The number of nitrogens with two attached hydrogens (primary N) is 1. The zero-order chi connectivity index (χ0) is 14.3. The molecule has 21 heavy (non-hydrogen) atoms. The van der Waals surface area contributed by atoms with E-state index in [1.165, 1.54) is 30.5 Å². The number of benzene rings is 1. The molecule has 3 aliphatic rings. The molecule has 1 aromatic rings. The standard InChI is InChI=1S/C17H24N2O2/c18-15-6-3-7-16-14(15)5-4-10-19(16)11-13-12-20-17(21-13)8-1-2-9-17/h3,6-7,13H,1-2,4-5,8-12,18H2. The molecule has 1 saturated carbocycles. The molecule has 1 atom stereocenters. The number of hydrogen-bond acceptors (Lipinski definition) is 4. The normalized spacial score (nSPS) is 27.2. The molecule has 1 aromatic carbocycles. The zero-order valence-electron chi connectivity index (χ0n) is 12.5. The van der Waals surface area contributed by atoms with E-state index in [1.807, 2.05) is 6.07 Å². The first-order valence-corrected chi connectivity index (χ1v) is 8.20. The second-order valence-corrected chi connectivity index (χ2v) is 6.56. The molecule has 0 radical (unpaired) electrons. The lowest BCUT2D eigenvalue weighted by Gasteiger charge is -2.33. The first kappa shape index (κ1) is 13.4. The molecular formula is C17H24N2O2. The lowest BCUT2D eigenvalue weighted by Crippen LogP contribution is -2.38. The van der Waals surface area contributed by atoms with Gasteiger partial charge in [-0.2, -0.15) is 0 Å². The molecule has 2 heterocycles. The highest BCUT2D eigenvalue weighted by Crippen LogP contribution is 2.40. The van der Waals surface area contributed by atoms with Crippen LogP contribution in [0.25, 0.3) is 0 Å². The number of fused-ring (bicyclic) bond motifs is 1. The van der Waals surface area contributed by atoms with Gasteiger partial charge in [0.25, 0.3) is 0 Å². The molecule has 0 bridgehead atoms. The lowest BCUT2D eigenvalue weighted by atomic mass is 9.99. The van der Waals surface area contributed by atoms with Gasteiger partial charge in [-0.15, -0.1) is 0 Å². The summed E-state index contributed by atoms with van der Waals surface area (Å²) in [6.45, 7) is 2.73. The highest BCUT2D eigenvalue weighted by Gasteiger charge is 2.44. The van der Waals surface area contributed by atoms with Crippen LogP contribution in [0.4, 0.5) is 11.4 Å². The monoisotopic (exact) mass is 288 g/mol. The van der Waals surface area contributed by atoms with Crippen molar-refractivity contribution in [3.8, 4) is 0 Å². The molecule has 1 spiro atoms. The second-order valence-electron chi connectivity index (χ2n) is 6.56. The van der Waals surface area contributed by atoms with Crippen LogP contribution >= 0.6 is 0 Å². The van der Waals surface area contributed by atoms with Crippen LogP contribution in [0.3, 0.4) is 0 Å². The Bertz CT molecular complexity index is 526. The lowest BCUT2D eigenvalue weighted by molar-refractivity contribution is -0.160. The van der Waals surface area contributed by atoms with Crippen LogP contribution in [0.15, 0.2) is 18.2 Å². The van der Waals surface area contributed by atoms with Crippen molar-refractivity contribution in [2.24, 2.45) is 0 Å². The summed E-state index contributed by atoms with van der Waals surface area (Å²) >= 11 is 0. The van der Waals surface area contributed by atoms with Crippen LogP contribution in [-0.2, 0) is 15.9 Å². The largest absolute Gasteiger partial charge is 0.398 e. The molecular weight excluding hydrogens is 264 g/mol. The van der Waals surface area contributed by atoms with E-state index in [4.69, 9.17) is 15.2 Å². The maximum atomic E-state index is 6.26. The predicted molar refractivity (Wildman–Crippen MR) is 83.4 cm³/mol. The van der Waals surface area contributed by atoms with Gasteiger partial charge in [0.15, 0.2) is 5.79 Å². The molecule has 4 nitrogen and oxygen atoms in total. The Morgan fingerprint density at radius 1 is 1.24 bits per heavy atom. The summed E-state index contributed by atoms with van der Waals surface area (Å²) in [5, 5.41) is 0. The molecule has 114 valence electrons. The predicted octanol–water partition coefficient (Wildman–Crippen LogP) is 2.71. The maximum Gasteiger partial charge on any atom is 0.168 e. The van der Waals surface area contributed by atoms with Crippen molar-refractivity contribution in [1.82, 2.24) is 0 Å². The average Bonchev–Trinajstić information content (AvgIpc) is 3.11. The summed E-state index contributed by atoms with van der Waals surface area (Å²) in [4.78, 5) is 2.43. The quantitative estimate of drug-likeness (QED) is 0.850. The van der Waals surface area contributed by atoms with Crippen LogP contribution in [0, 0.1) is 0 Å². The SMILES string of the molecule is Nc1cccc2c1CCCN2CC1COC2(CCCC2)O1. The van der Waals surface area contributed by atoms with E-state index in [1.54, 1.807) is 0 Å². The molecule has 2 N–H and O–H groups in total. The van der Waals surface area contributed by atoms with Crippen molar-refractivity contribution < 1.29 is 9.47 Å². The van der Waals surface area contributed by atoms with E-state index in [9.17, 15) is 0 Å². The average molecular weight is 288 g/mol. The molecule has 0 amide bonds. The zero-order valence-corrected chi connectivity index (χ0v) is 12.5. The molecule has 0 aromatic heterocycles. The van der Waals surface area contributed by atoms with E-state index >= 15 is 0 Å². The Balaban J connectivity index is 1.48. The molecule has 2 aliphatic heterocycles. The molecule has 4 heteroatoms. The van der Waals surface area contributed by atoms with Gasteiger partial charge in [0.1, 0.15) is 6.10 Å². The Morgan fingerprint density at radius 3 is 2.95 bits per heavy atom. The van der Waals surface area contributed by atoms with Gasteiger partial charge >= 0.3 is 0 Å². The van der Waals surface area contributed by atoms with Crippen molar-refractivity contribution in [3.63, 3.8) is 0 Å². The van der Waals surface area contributed by atoms with Crippen molar-refractivity contribution in [2.45, 2.75) is 50.4 Å². The van der Waals surface area contributed by atoms with E-state index in [2.05, 4.69) is 17.0 Å². The Hall–Kier alpha value is -1.26. The topological polar surface area (TPSA) is 47.7 Å². The highest BCUT2D eigenvalue weighted by atomic mass is 16.7. The summed E-state index contributed by atoms with van der Waals surface area (Å²) < 4.78 is 12.3. The van der Waals surface area contributed by atoms with Gasteiger partial charge in [-0.1, -0.05) is 6.07 Å². The summed E-state index contributed by atoms with van der Waals surface area (Å²) in [5.41, 5.74) is 9.64. The van der Waals surface area contributed by atoms with E-state index in [0.29, 0.717) is 0 Å². The minimum Gasteiger partial charge on any atom is -0.398 e. The third-order valence-corrected chi connectivity index (χ3v) is 5.09. The van der Waals surface area contributed by atoms with Gasteiger partial charge in [0.2, 0.25) is 0 Å². The summed E-state index contributed by atoms with van der Waals surface area (Å²) in [5.74, 6) is -0.251. The number of hydrogen-bond donors (Lipinski definition) is 1. The fraction of sp³-hybridized carbons (Fsp3) is 0.647. The van der Waals surface area contributed by atoms with E-state index in [0.717, 1.165) is 44.6 Å². The third-order valence-electron chi connectivity index (χ3n) is 5.09. The summed E-state index contributed by atoms with van der Waals surface area (Å²) in [6.07, 6.45) is 7.03. The Kier molecular flexibility index (Phi) is 3.31. The van der Waals surface area contributed by atoms with Gasteiger partial charge in [-0.25, -0.2) is 0 Å². The summed E-state index contributed by atoms with van der Waals surface area (Å²) in [6, 6.07) is 6.24. The van der Waals surface area contributed by atoms with Crippen molar-refractivity contribution in [1.29, 1.82) is 0 Å². The van der Waals surface area contributed by atoms with Crippen LogP contribution < -0.4 is 10.6 Å². The number of ether oxygens (including phenoxy) is 2. The number of nitrogens with zero attached hydrogens (tertiary/aromatic N) is 1. The van der Waals surface area contributed by atoms with Crippen LogP contribution in [-0.4, -0.2) is 31.6 Å². The van der Waals surface area contributed by atoms with Crippen molar-refractivity contribution in [2.75, 3.05) is 30.3 Å². The first-order valence-electron chi connectivity index (χ1n) is 8.20. The van der Waals surface area contributed by atoms with Crippen LogP contribution in [0.1, 0.15) is 37.7 Å². The van der Waals surface area contributed by atoms with Crippen LogP contribution in [0.5, 0.6) is 0 Å². The van der Waals surface area contributed by atoms with E-state index in [-0.39, 0.29) is 11.9 Å². The highest BCUT2D eigenvalue weighted by molar-refractivity contribution is 5.66. The van der Waals surface area contributed by atoms with E-state index < -0.39 is 0 Å². The van der Waals surface area contributed by atoms with Gasteiger partial charge in [-0.3, -0.25) is 0 Å². The summed E-state index contributed by atoms with van der Waals surface area (Å²) in [7, 11) is 0. The smallest absolute Gasteiger partial charge is 0.168 e. The number of anilines is 2. The third kappa shape index (κ3) is 2.40. The molecule has 4 rings (SSSR count). The Morgan fingerprint density at radius 2 is 2.10 bits per heavy atom.